The van der Waals surface area contributed by atoms with Crippen LogP contribution in [0.4, 0.5) is 23.0 Å². The summed E-state index contributed by atoms with van der Waals surface area (Å²) < 4.78 is 6.48. The van der Waals surface area contributed by atoms with Crippen molar-refractivity contribution in [3.05, 3.63) is 144 Å². The third kappa shape index (κ3) is 6.27. The minimum absolute atomic E-state index is 0. The molecule has 0 fully saturated rings. The Morgan fingerprint density at radius 2 is 1.02 bits per heavy atom. The standard InChI is InChI=1S/C42H36N4O.Pt/c1-29-23-41(43-27-37(29)31-11-5-3-6-12-31)45-21-9-15-33-17-19-35(25-39(33)45)47-36-20-18-34-16-10-22-46(40(34)26-36)42-24-30(2)38(28-44-42)32-13-7-4-8-14-32;/h3-8,11-14,17-20,23-24,27-28H,9-10,15-16,21-22H2,1-2H3;/q-2;+2. The van der Waals surface area contributed by atoms with E-state index in [-0.39, 0.29) is 21.1 Å². The Kier molecular flexibility index (Phi) is 9.14. The predicted octanol–water partition coefficient (Wildman–Crippen LogP) is 9.99. The summed E-state index contributed by atoms with van der Waals surface area (Å²) in [5.41, 5.74) is 11.7. The zero-order valence-corrected chi connectivity index (χ0v) is 29.4. The van der Waals surface area contributed by atoms with Gasteiger partial charge >= 0.3 is 21.1 Å². The van der Waals surface area contributed by atoms with Crippen LogP contribution in [-0.4, -0.2) is 23.1 Å². The fraction of sp³-hybridized carbons (Fsp3) is 0.190. The summed E-state index contributed by atoms with van der Waals surface area (Å²) in [4.78, 5) is 14.4. The van der Waals surface area contributed by atoms with Crippen LogP contribution in [0.15, 0.2) is 109 Å². The van der Waals surface area contributed by atoms with Crippen LogP contribution in [0, 0.1) is 26.0 Å². The second kappa shape index (κ2) is 13.8. The summed E-state index contributed by atoms with van der Waals surface area (Å²) in [5.74, 6) is 3.23. The van der Waals surface area contributed by atoms with Gasteiger partial charge in [0.1, 0.15) is 11.6 Å². The zero-order chi connectivity index (χ0) is 31.7. The molecule has 4 aromatic carbocycles. The van der Waals surface area contributed by atoms with Gasteiger partial charge in [0.05, 0.1) is 0 Å². The van der Waals surface area contributed by atoms with Gasteiger partial charge in [0.25, 0.3) is 0 Å². The Hall–Kier alpha value is -4.73. The van der Waals surface area contributed by atoms with Gasteiger partial charge in [-0.15, -0.1) is 35.4 Å². The molecule has 0 amide bonds. The first kappa shape index (κ1) is 31.8. The summed E-state index contributed by atoms with van der Waals surface area (Å²) in [6.07, 6.45) is 8.15. The zero-order valence-electron chi connectivity index (χ0n) is 27.1. The number of fused-ring (bicyclic) bond motifs is 2. The molecule has 0 spiro atoms. The molecule has 8 rings (SSSR count). The number of nitrogens with zero attached hydrogens (tertiary/aromatic N) is 4. The van der Waals surface area contributed by atoms with Crippen LogP contribution in [0.3, 0.4) is 0 Å². The van der Waals surface area contributed by atoms with E-state index in [2.05, 4.69) is 109 Å². The Labute approximate surface area is 297 Å². The van der Waals surface area contributed by atoms with Crippen molar-refractivity contribution in [1.29, 1.82) is 0 Å². The minimum Gasteiger partial charge on any atom is -0.509 e. The average Bonchev–Trinajstić information content (AvgIpc) is 3.12. The van der Waals surface area contributed by atoms with Gasteiger partial charge in [-0.1, -0.05) is 84.9 Å². The smallest absolute Gasteiger partial charge is 0.509 e. The monoisotopic (exact) mass is 807 g/mol. The molecule has 0 N–H and O–H groups in total. The van der Waals surface area contributed by atoms with Crippen LogP contribution < -0.4 is 14.5 Å². The van der Waals surface area contributed by atoms with Gasteiger partial charge in [-0.25, -0.2) is 9.97 Å². The molecule has 48 heavy (non-hydrogen) atoms. The van der Waals surface area contributed by atoms with E-state index in [4.69, 9.17) is 14.7 Å². The molecule has 0 saturated carbocycles. The van der Waals surface area contributed by atoms with Crippen LogP contribution >= 0.6 is 0 Å². The average molecular weight is 808 g/mol. The van der Waals surface area contributed by atoms with E-state index in [0.29, 0.717) is 11.5 Å². The third-order valence-electron chi connectivity index (χ3n) is 9.29. The Morgan fingerprint density at radius 1 is 0.583 bits per heavy atom. The van der Waals surface area contributed by atoms with Crippen molar-refractivity contribution in [2.45, 2.75) is 39.5 Å². The summed E-state index contributed by atoms with van der Waals surface area (Å²) >= 11 is 0. The fourth-order valence-electron chi connectivity index (χ4n) is 6.86. The quantitative estimate of drug-likeness (QED) is 0.157. The molecule has 6 heteroatoms. The third-order valence-corrected chi connectivity index (χ3v) is 9.29. The number of aromatic nitrogens is 2. The molecule has 2 aromatic heterocycles. The van der Waals surface area contributed by atoms with Crippen molar-refractivity contribution in [3.63, 3.8) is 0 Å². The molecule has 0 bridgehead atoms. The maximum atomic E-state index is 6.48. The van der Waals surface area contributed by atoms with E-state index in [1.54, 1.807) is 0 Å². The number of aryl methyl sites for hydroxylation is 4. The van der Waals surface area contributed by atoms with Gasteiger partial charge in [0.2, 0.25) is 0 Å². The van der Waals surface area contributed by atoms with E-state index in [9.17, 15) is 0 Å². The second-order valence-electron chi connectivity index (χ2n) is 12.5. The summed E-state index contributed by atoms with van der Waals surface area (Å²) in [5, 5.41) is 0. The van der Waals surface area contributed by atoms with Crippen LogP contribution in [0.5, 0.6) is 11.5 Å². The topological polar surface area (TPSA) is 41.5 Å². The minimum atomic E-state index is 0. The molecule has 6 aromatic rings. The van der Waals surface area contributed by atoms with E-state index < -0.39 is 0 Å². The number of anilines is 4. The van der Waals surface area contributed by atoms with Crippen molar-refractivity contribution in [3.8, 4) is 33.8 Å². The first-order valence-electron chi connectivity index (χ1n) is 16.5. The number of benzene rings is 4. The first-order chi connectivity index (χ1) is 23.1. The molecule has 0 aliphatic carbocycles. The normalized spacial score (nSPS) is 13.7. The first-order valence-corrected chi connectivity index (χ1v) is 16.5. The molecule has 4 heterocycles. The largest absolute Gasteiger partial charge is 2.00 e. The number of hydrogen-bond donors (Lipinski definition) is 0. The van der Waals surface area contributed by atoms with Crippen LogP contribution in [0.1, 0.15) is 35.1 Å². The predicted molar refractivity (Wildman–Crippen MR) is 190 cm³/mol. The molecular weight excluding hydrogens is 772 g/mol. The number of rotatable bonds is 6. The molecular formula is C42H36N4OPt. The van der Waals surface area contributed by atoms with Crippen molar-refractivity contribution in [2.75, 3.05) is 22.9 Å². The van der Waals surface area contributed by atoms with Crippen LogP contribution in [-0.2, 0) is 33.9 Å². The maximum Gasteiger partial charge on any atom is 2.00 e. The number of ether oxygens (including phenoxy) is 1. The van der Waals surface area contributed by atoms with Gasteiger partial charge in [-0.05, 0) is 61.1 Å². The van der Waals surface area contributed by atoms with Crippen LogP contribution in [0.2, 0.25) is 0 Å². The van der Waals surface area contributed by atoms with Crippen molar-refractivity contribution >= 4 is 23.0 Å². The molecule has 2 aliphatic heterocycles. The van der Waals surface area contributed by atoms with Crippen molar-refractivity contribution < 1.29 is 25.8 Å². The van der Waals surface area contributed by atoms with Gasteiger partial charge < -0.3 is 14.5 Å². The van der Waals surface area contributed by atoms with Gasteiger partial charge in [0, 0.05) is 48.1 Å². The summed E-state index contributed by atoms with van der Waals surface area (Å²) in [6, 6.07) is 40.9. The van der Waals surface area contributed by atoms with Crippen molar-refractivity contribution in [1.82, 2.24) is 9.97 Å². The van der Waals surface area contributed by atoms with E-state index in [1.807, 2.05) is 36.7 Å². The second-order valence-corrected chi connectivity index (χ2v) is 12.5. The molecule has 240 valence electrons. The SMILES string of the molecule is Cc1cc(N2CCCc3ccc(Oc4[c-]c5c(cc4)CCCN5c4cc(C)c(-c5ccccc5)cn4)[c-]c32)ncc1-c1ccccc1.[Pt+2]. The Bertz CT molecular complexity index is 1920. The number of pyridine rings is 2. The molecule has 5 nitrogen and oxygen atoms in total. The molecule has 0 unspecified atom stereocenters. The molecule has 2 aliphatic rings. The van der Waals surface area contributed by atoms with Gasteiger partial charge in [-0.3, -0.25) is 0 Å². The molecule has 0 atom stereocenters. The van der Waals surface area contributed by atoms with E-state index in [1.165, 1.54) is 33.4 Å². The van der Waals surface area contributed by atoms with Gasteiger partial charge in [0.15, 0.2) is 0 Å². The van der Waals surface area contributed by atoms with E-state index in [0.717, 1.165) is 72.9 Å². The Morgan fingerprint density at radius 3 is 1.44 bits per heavy atom. The number of hydrogen-bond acceptors (Lipinski definition) is 5. The maximum absolute atomic E-state index is 6.48. The fourth-order valence-corrected chi connectivity index (χ4v) is 6.86. The molecule has 0 saturated heterocycles. The summed E-state index contributed by atoms with van der Waals surface area (Å²) in [6.45, 7) is 6.09. The van der Waals surface area contributed by atoms with Crippen molar-refractivity contribution in [2.24, 2.45) is 0 Å². The van der Waals surface area contributed by atoms with Gasteiger partial charge in [-0.2, -0.15) is 12.1 Å². The van der Waals surface area contributed by atoms with E-state index >= 15 is 0 Å². The molecule has 0 radical (unpaired) electrons. The summed E-state index contributed by atoms with van der Waals surface area (Å²) in [7, 11) is 0. The van der Waals surface area contributed by atoms with Crippen LogP contribution in [0.25, 0.3) is 22.3 Å². The Balaban J connectivity index is 0.00000364.